The molecule has 5 heteroatoms. The Balaban J connectivity index is 2.18. The molecule has 0 spiro atoms. The highest BCUT2D eigenvalue weighted by Crippen LogP contribution is 2.23. The van der Waals surface area contributed by atoms with Crippen LogP contribution in [0, 0.1) is 12.7 Å². The molecule has 0 unspecified atom stereocenters. The maximum absolute atomic E-state index is 13.7. The third-order valence-corrected chi connectivity index (χ3v) is 2.92. The first-order valence-corrected chi connectivity index (χ1v) is 6.29. The minimum absolute atomic E-state index is 0.228. The van der Waals surface area contributed by atoms with E-state index in [-0.39, 0.29) is 24.7 Å². The topological polar surface area (TPSA) is 53.1 Å². The lowest BCUT2D eigenvalue weighted by Gasteiger charge is -2.11. The van der Waals surface area contributed by atoms with Gasteiger partial charge < -0.3 is 10.5 Å². The van der Waals surface area contributed by atoms with Crippen LogP contribution in [0.4, 0.5) is 4.39 Å². The van der Waals surface area contributed by atoms with Gasteiger partial charge in [0.2, 0.25) is 0 Å². The molecule has 1 aromatic carbocycles. The number of para-hydroxylation sites is 1. The number of hydrogen-bond donors (Lipinski definition) is 1. The van der Waals surface area contributed by atoms with Gasteiger partial charge in [0.05, 0.1) is 11.4 Å². The molecule has 2 aromatic rings. The number of aryl methyl sites for hydroxylation is 2. The lowest BCUT2D eigenvalue weighted by molar-refractivity contribution is 0.275. The maximum atomic E-state index is 13.7. The summed E-state index contributed by atoms with van der Waals surface area (Å²) in [5.41, 5.74) is 8.10. The zero-order chi connectivity index (χ0) is 13.8. The van der Waals surface area contributed by atoms with Gasteiger partial charge in [0, 0.05) is 18.7 Å². The van der Waals surface area contributed by atoms with E-state index in [1.54, 1.807) is 12.1 Å². The van der Waals surface area contributed by atoms with Crippen LogP contribution in [-0.2, 0) is 19.7 Å². The fourth-order valence-electron chi connectivity index (χ4n) is 2.01. The summed E-state index contributed by atoms with van der Waals surface area (Å²) in [4.78, 5) is 0. The fraction of sp³-hybridized carbons (Fsp3) is 0.357. The molecule has 4 nitrogen and oxygen atoms in total. The molecule has 0 aliphatic rings. The molecule has 0 aliphatic heterocycles. The van der Waals surface area contributed by atoms with Crippen molar-refractivity contribution in [2.75, 3.05) is 0 Å². The van der Waals surface area contributed by atoms with Crippen molar-refractivity contribution >= 4 is 0 Å². The van der Waals surface area contributed by atoms with Crippen LogP contribution < -0.4 is 10.5 Å². The Labute approximate surface area is 112 Å². The Morgan fingerprint density at radius 2 is 2.21 bits per heavy atom. The number of ether oxygens (including phenoxy) is 1. The molecule has 0 saturated heterocycles. The van der Waals surface area contributed by atoms with Crippen molar-refractivity contribution in [3.63, 3.8) is 0 Å². The average Bonchev–Trinajstić information content (AvgIpc) is 2.77. The average molecular weight is 263 g/mol. The van der Waals surface area contributed by atoms with Crippen molar-refractivity contribution < 1.29 is 9.13 Å². The number of halogens is 1. The summed E-state index contributed by atoms with van der Waals surface area (Å²) in [7, 11) is 0. The zero-order valence-corrected chi connectivity index (χ0v) is 11.2. The Morgan fingerprint density at radius 1 is 1.42 bits per heavy atom. The van der Waals surface area contributed by atoms with Gasteiger partial charge in [-0.1, -0.05) is 12.1 Å². The molecule has 0 bridgehead atoms. The molecule has 2 rings (SSSR count). The molecule has 0 radical (unpaired) electrons. The van der Waals surface area contributed by atoms with Gasteiger partial charge in [-0.25, -0.2) is 4.39 Å². The smallest absolute Gasteiger partial charge is 0.165 e. The number of aromatic nitrogens is 2. The second kappa shape index (κ2) is 5.84. The third-order valence-electron chi connectivity index (χ3n) is 2.92. The molecule has 2 N–H and O–H groups in total. The summed E-state index contributed by atoms with van der Waals surface area (Å²) in [5, 5.41) is 4.32. The number of hydrogen-bond acceptors (Lipinski definition) is 3. The van der Waals surface area contributed by atoms with E-state index in [2.05, 4.69) is 5.10 Å². The van der Waals surface area contributed by atoms with Crippen molar-refractivity contribution in [3.8, 4) is 5.75 Å². The van der Waals surface area contributed by atoms with Crippen LogP contribution in [0.25, 0.3) is 0 Å². The van der Waals surface area contributed by atoms with Crippen LogP contribution in [-0.4, -0.2) is 9.78 Å². The minimum atomic E-state index is -0.387. The van der Waals surface area contributed by atoms with E-state index in [1.165, 1.54) is 6.07 Å². The van der Waals surface area contributed by atoms with Gasteiger partial charge in [0.1, 0.15) is 6.61 Å². The Morgan fingerprint density at radius 3 is 2.89 bits per heavy atom. The fourth-order valence-corrected chi connectivity index (χ4v) is 2.01. The second-order valence-corrected chi connectivity index (χ2v) is 4.31. The first-order chi connectivity index (χ1) is 9.15. The largest absolute Gasteiger partial charge is 0.484 e. The van der Waals surface area contributed by atoms with Gasteiger partial charge in [0.25, 0.3) is 0 Å². The van der Waals surface area contributed by atoms with Crippen LogP contribution in [0.2, 0.25) is 0 Å². The molecule has 102 valence electrons. The summed E-state index contributed by atoms with van der Waals surface area (Å²) >= 11 is 0. The molecule has 0 saturated carbocycles. The van der Waals surface area contributed by atoms with Gasteiger partial charge >= 0.3 is 0 Å². The molecule has 1 aromatic heterocycles. The first-order valence-electron chi connectivity index (χ1n) is 6.29. The molecule has 0 aliphatic carbocycles. The van der Waals surface area contributed by atoms with Crippen LogP contribution in [0.5, 0.6) is 5.75 Å². The van der Waals surface area contributed by atoms with Crippen molar-refractivity contribution in [3.05, 3.63) is 47.0 Å². The second-order valence-electron chi connectivity index (χ2n) is 4.31. The molecule has 19 heavy (non-hydrogen) atoms. The number of rotatable bonds is 5. The van der Waals surface area contributed by atoms with Gasteiger partial charge in [0.15, 0.2) is 11.6 Å². The Kier molecular flexibility index (Phi) is 4.16. The molecule has 0 fully saturated rings. The maximum Gasteiger partial charge on any atom is 0.165 e. The molecular weight excluding hydrogens is 245 g/mol. The van der Waals surface area contributed by atoms with E-state index in [9.17, 15) is 4.39 Å². The summed E-state index contributed by atoms with van der Waals surface area (Å²) in [5.74, 6) is -0.159. The van der Waals surface area contributed by atoms with Gasteiger partial charge in [-0.15, -0.1) is 0 Å². The lowest BCUT2D eigenvalue weighted by atomic mass is 10.2. The first kappa shape index (κ1) is 13.5. The number of benzene rings is 1. The third kappa shape index (κ3) is 2.93. The van der Waals surface area contributed by atoms with Gasteiger partial charge in [-0.3, -0.25) is 4.68 Å². The van der Waals surface area contributed by atoms with Crippen molar-refractivity contribution in [1.29, 1.82) is 0 Å². The van der Waals surface area contributed by atoms with Gasteiger partial charge in [-0.05, 0) is 26.0 Å². The number of nitrogens with two attached hydrogens (primary N) is 1. The van der Waals surface area contributed by atoms with E-state index in [0.717, 1.165) is 17.9 Å². The van der Waals surface area contributed by atoms with Crippen LogP contribution in [0.3, 0.4) is 0 Å². The van der Waals surface area contributed by atoms with Crippen LogP contribution >= 0.6 is 0 Å². The summed E-state index contributed by atoms with van der Waals surface area (Å²) in [6.45, 7) is 5.21. The van der Waals surface area contributed by atoms with E-state index >= 15 is 0 Å². The normalized spacial score (nSPS) is 10.7. The zero-order valence-electron chi connectivity index (χ0n) is 11.2. The van der Waals surface area contributed by atoms with E-state index in [0.29, 0.717) is 5.56 Å². The van der Waals surface area contributed by atoms with E-state index in [4.69, 9.17) is 10.5 Å². The minimum Gasteiger partial charge on any atom is -0.484 e. The highest BCUT2D eigenvalue weighted by atomic mass is 19.1. The van der Waals surface area contributed by atoms with Crippen molar-refractivity contribution in [2.45, 2.75) is 33.5 Å². The Bertz CT molecular complexity index is 566. The molecule has 0 atom stereocenters. The summed E-state index contributed by atoms with van der Waals surface area (Å²) in [6.07, 6.45) is 0. The van der Waals surface area contributed by atoms with Crippen LogP contribution in [0.1, 0.15) is 23.9 Å². The summed E-state index contributed by atoms with van der Waals surface area (Å²) < 4.78 is 21.2. The Hall–Kier alpha value is -1.88. The molecular formula is C14H18FN3O. The van der Waals surface area contributed by atoms with Crippen LogP contribution in [0.15, 0.2) is 24.3 Å². The predicted octanol–water partition coefficient (Wildman–Crippen LogP) is 2.39. The summed E-state index contributed by atoms with van der Waals surface area (Å²) in [6, 6.07) is 6.70. The predicted molar refractivity (Wildman–Crippen MR) is 71.3 cm³/mol. The van der Waals surface area contributed by atoms with Crippen molar-refractivity contribution in [2.24, 2.45) is 5.73 Å². The SMILES string of the molecule is CCn1nc(C)cc1COc1c(F)cccc1CN. The monoisotopic (exact) mass is 263 g/mol. The number of nitrogens with zero attached hydrogens (tertiary/aromatic N) is 2. The molecule has 0 amide bonds. The molecule has 1 heterocycles. The van der Waals surface area contributed by atoms with E-state index < -0.39 is 0 Å². The van der Waals surface area contributed by atoms with Crippen molar-refractivity contribution in [1.82, 2.24) is 9.78 Å². The van der Waals surface area contributed by atoms with Gasteiger partial charge in [-0.2, -0.15) is 5.10 Å². The highest BCUT2D eigenvalue weighted by molar-refractivity contribution is 5.34. The lowest BCUT2D eigenvalue weighted by Crippen LogP contribution is -2.09. The standard InChI is InChI=1S/C14H18FN3O/c1-3-18-12(7-10(2)17-18)9-19-14-11(8-16)5-4-6-13(14)15/h4-7H,3,8-9,16H2,1-2H3. The van der Waals surface area contributed by atoms with E-state index in [1.807, 2.05) is 24.6 Å². The highest BCUT2D eigenvalue weighted by Gasteiger charge is 2.11. The quantitative estimate of drug-likeness (QED) is 0.901.